The topological polar surface area (TPSA) is 29.5 Å². The van der Waals surface area contributed by atoms with E-state index in [1.54, 1.807) is 13.0 Å². The van der Waals surface area contributed by atoms with E-state index >= 15 is 0 Å². The normalized spacial score (nSPS) is 12.6. The van der Waals surface area contributed by atoms with Crippen molar-refractivity contribution in [2.24, 2.45) is 0 Å². The van der Waals surface area contributed by atoms with Crippen molar-refractivity contribution in [2.45, 2.75) is 19.4 Å². The molecule has 1 unspecified atom stereocenters. The largest absolute Gasteiger partial charge is 0.493 e. The molecule has 0 bridgehead atoms. The summed E-state index contributed by atoms with van der Waals surface area (Å²) in [5.74, 6) is 0.129. The number of aliphatic hydroxyl groups is 1. The molecule has 2 nitrogen and oxygen atoms in total. The first kappa shape index (κ1) is 11.5. The fourth-order valence-corrected chi connectivity index (χ4v) is 1.40. The monoisotopic (exact) mass is 262 g/mol. The van der Waals surface area contributed by atoms with Crippen LogP contribution in [0.3, 0.4) is 0 Å². The van der Waals surface area contributed by atoms with Crippen LogP contribution in [0.25, 0.3) is 0 Å². The molecule has 0 saturated carbocycles. The van der Waals surface area contributed by atoms with Gasteiger partial charge in [0.15, 0.2) is 0 Å². The molecule has 0 fully saturated rings. The lowest BCUT2D eigenvalue weighted by molar-refractivity contribution is 0.155. The van der Waals surface area contributed by atoms with Gasteiger partial charge in [-0.1, -0.05) is 15.9 Å². The highest BCUT2D eigenvalue weighted by molar-refractivity contribution is 9.10. The fraction of sp³-hybridized carbons (Fsp3) is 0.400. The summed E-state index contributed by atoms with van der Waals surface area (Å²) in [5.41, 5.74) is 0. The molecule has 78 valence electrons. The highest BCUT2D eigenvalue weighted by Gasteiger charge is 2.01. The van der Waals surface area contributed by atoms with Crippen LogP contribution in [0.4, 0.5) is 4.39 Å². The third kappa shape index (κ3) is 4.07. The third-order valence-corrected chi connectivity index (χ3v) is 2.10. The summed E-state index contributed by atoms with van der Waals surface area (Å²) in [6.07, 6.45) is 0.140. The van der Waals surface area contributed by atoms with Crippen molar-refractivity contribution in [1.82, 2.24) is 0 Å². The SMILES string of the molecule is CC(O)CCOc1cc(F)cc(Br)c1. The van der Waals surface area contributed by atoms with Crippen molar-refractivity contribution in [1.29, 1.82) is 0 Å². The first-order chi connectivity index (χ1) is 6.58. The van der Waals surface area contributed by atoms with Crippen LogP contribution in [-0.4, -0.2) is 17.8 Å². The number of aliphatic hydroxyl groups excluding tert-OH is 1. The predicted molar refractivity (Wildman–Crippen MR) is 55.9 cm³/mol. The van der Waals surface area contributed by atoms with Gasteiger partial charge in [-0.25, -0.2) is 4.39 Å². The maximum Gasteiger partial charge on any atom is 0.128 e. The maximum atomic E-state index is 12.9. The van der Waals surface area contributed by atoms with Crippen LogP contribution in [0, 0.1) is 5.82 Å². The molecule has 0 amide bonds. The van der Waals surface area contributed by atoms with Gasteiger partial charge in [-0.3, -0.25) is 0 Å². The Kier molecular flexibility index (Phi) is 4.35. The minimum Gasteiger partial charge on any atom is -0.493 e. The van der Waals surface area contributed by atoms with Gasteiger partial charge < -0.3 is 9.84 Å². The molecule has 0 aliphatic carbocycles. The van der Waals surface area contributed by atoms with Crippen molar-refractivity contribution in [3.8, 4) is 5.75 Å². The molecule has 0 spiro atoms. The van der Waals surface area contributed by atoms with Gasteiger partial charge in [0.1, 0.15) is 11.6 Å². The van der Waals surface area contributed by atoms with Crippen LogP contribution >= 0.6 is 15.9 Å². The van der Waals surface area contributed by atoms with Gasteiger partial charge in [0, 0.05) is 17.0 Å². The number of hydrogen-bond donors (Lipinski definition) is 1. The molecule has 0 radical (unpaired) electrons. The minimum absolute atomic E-state index is 0.341. The lowest BCUT2D eigenvalue weighted by Crippen LogP contribution is -2.07. The zero-order valence-corrected chi connectivity index (χ0v) is 9.42. The van der Waals surface area contributed by atoms with Crippen molar-refractivity contribution in [3.63, 3.8) is 0 Å². The van der Waals surface area contributed by atoms with Crippen LogP contribution in [0.1, 0.15) is 13.3 Å². The van der Waals surface area contributed by atoms with E-state index in [2.05, 4.69) is 15.9 Å². The Labute approximate surface area is 90.8 Å². The van der Waals surface area contributed by atoms with E-state index < -0.39 is 6.10 Å². The Morgan fingerprint density at radius 1 is 1.50 bits per heavy atom. The van der Waals surface area contributed by atoms with E-state index in [1.807, 2.05) is 0 Å². The molecule has 0 aliphatic rings. The van der Waals surface area contributed by atoms with Gasteiger partial charge >= 0.3 is 0 Å². The molecule has 0 aromatic heterocycles. The van der Waals surface area contributed by atoms with Gasteiger partial charge in [-0.05, 0) is 19.1 Å². The third-order valence-electron chi connectivity index (χ3n) is 1.64. The highest BCUT2D eigenvalue weighted by atomic mass is 79.9. The van der Waals surface area contributed by atoms with Crippen molar-refractivity contribution in [2.75, 3.05) is 6.61 Å². The zero-order chi connectivity index (χ0) is 10.6. The van der Waals surface area contributed by atoms with E-state index in [-0.39, 0.29) is 5.82 Å². The first-order valence-corrected chi connectivity index (χ1v) is 5.14. The Balaban J connectivity index is 2.50. The fourth-order valence-electron chi connectivity index (χ4n) is 0.959. The second-order valence-electron chi connectivity index (χ2n) is 3.09. The van der Waals surface area contributed by atoms with Gasteiger partial charge in [-0.2, -0.15) is 0 Å². The van der Waals surface area contributed by atoms with Crippen molar-refractivity contribution < 1.29 is 14.2 Å². The van der Waals surface area contributed by atoms with Crippen LogP contribution < -0.4 is 4.74 Å². The molecule has 14 heavy (non-hydrogen) atoms. The quantitative estimate of drug-likeness (QED) is 0.905. The number of rotatable bonds is 4. The molecule has 0 heterocycles. The number of halogens is 2. The Hall–Kier alpha value is -0.610. The molecular formula is C10H12BrFO2. The van der Waals surface area contributed by atoms with Gasteiger partial charge in [0.2, 0.25) is 0 Å². The average molecular weight is 263 g/mol. The van der Waals surface area contributed by atoms with Gasteiger partial charge in [-0.15, -0.1) is 0 Å². The van der Waals surface area contributed by atoms with Crippen molar-refractivity contribution in [3.05, 3.63) is 28.5 Å². The molecular weight excluding hydrogens is 251 g/mol. The van der Waals surface area contributed by atoms with Gasteiger partial charge in [0.05, 0.1) is 12.7 Å². The number of ether oxygens (including phenoxy) is 1. The van der Waals surface area contributed by atoms with Crippen LogP contribution in [0.5, 0.6) is 5.75 Å². The lowest BCUT2D eigenvalue weighted by Gasteiger charge is -2.07. The van der Waals surface area contributed by atoms with E-state index in [4.69, 9.17) is 9.84 Å². The van der Waals surface area contributed by atoms with E-state index in [0.717, 1.165) is 0 Å². The van der Waals surface area contributed by atoms with Crippen molar-refractivity contribution >= 4 is 15.9 Å². The maximum absolute atomic E-state index is 12.9. The smallest absolute Gasteiger partial charge is 0.128 e. The van der Waals surface area contributed by atoms with Crippen LogP contribution in [-0.2, 0) is 0 Å². The Bertz CT molecular complexity index is 282. The summed E-state index contributed by atoms with van der Waals surface area (Å²) in [4.78, 5) is 0. The molecule has 1 N–H and O–H groups in total. The minimum atomic E-state index is -0.396. The van der Waals surface area contributed by atoms with Crippen LogP contribution in [0.2, 0.25) is 0 Å². The lowest BCUT2D eigenvalue weighted by atomic mass is 10.3. The molecule has 0 saturated heterocycles. The summed E-state index contributed by atoms with van der Waals surface area (Å²) >= 11 is 3.16. The second kappa shape index (κ2) is 5.32. The Morgan fingerprint density at radius 2 is 2.21 bits per heavy atom. The second-order valence-corrected chi connectivity index (χ2v) is 4.01. The molecule has 1 rings (SSSR count). The standard InChI is InChI=1S/C10H12BrFO2/c1-7(13)2-3-14-10-5-8(11)4-9(12)6-10/h4-7,13H,2-3H2,1H3. The van der Waals surface area contributed by atoms with E-state index in [0.29, 0.717) is 23.2 Å². The predicted octanol–water partition coefficient (Wildman–Crippen LogP) is 2.74. The summed E-state index contributed by atoms with van der Waals surface area (Å²) in [6.45, 7) is 2.07. The number of hydrogen-bond acceptors (Lipinski definition) is 2. The Morgan fingerprint density at radius 3 is 2.79 bits per heavy atom. The molecule has 1 aromatic carbocycles. The summed E-state index contributed by atoms with van der Waals surface area (Å²) in [7, 11) is 0. The molecule has 4 heteroatoms. The molecule has 1 atom stereocenters. The van der Waals surface area contributed by atoms with Crippen LogP contribution in [0.15, 0.2) is 22.7 Å². The highest BCUT2D eigenvalue weighted by Crippen LogP contribution is 2.20. The number of benzene rings is 1. The molecule has 1 aromatic rings. The van der Waals surface area contributed by atoms with E-state index in [1.165, 1.54) is 12.1 Å². The summed E-state index contributed by atoms with van der Waals surface area (Å²) in [6, 6.07) is 4.36. The average Bonchev–Trinajstić information content (AvgIpc) is 2.01. The summed E-state index contributed by atoms with van der Waals surface area (Å²) < 4.78 is 18.7. The zero-order valence-electron chi connectivity index (χ0n) is 7.84. The van der Waals surface area contributed by atoms with E-state index in [9.17, 15) is 4.39 Å². The molecule has 0 aliphatic heterocycles. The summed E-state index contributed by atoms with van der Waals surface area (Å²) in [5, 5.41) is 8.98. The van der Waals surface area contributed by atoms with Gasteiger partial charge in [0.25, 0.3) is 0 Å². The first-order valence-electron chi connectivity index (χ1n) is 4.35.